The van der Waals surface area contributed by atoms with Crippen LogP contribution in [0.4, 0.5) is 0 Å². The van der Waals surface area contributed by atoms with Crippen molar-refractivity contribution in [3.05, 3.63) is 58.9 Å². The van der Waals surface area contributed by atoms with E-state index >= 15 is 0 Å². The van der Waals surface area contributed by atoms with Gasteiger partial charge in [0.25, 0.3) is 0 Å². The average Bonchev–Trinajstić information content (AvgIpc) is 2.84. The molecule has 3 rings (SSSR count). The fourth-order valence-electron chi connectivity index (χ4n) is 2.22. The Morgan fingerprint density at radius 3 is 2.90 bits per heavy atom. The van der Waals surface area contributed by atoms with Crippen molar-refractivity contribution in [1.82, 2.24) is 20.1 Å². The van der Waals surface area contributed by atoms with Gasteiger partial charge in [-0.3, -0.25) is 0 Å². The summed E-state index contributed by atoms with van der Waals surface area (Å²) in [5.74, 6) is 0. The SMILES string of the molecule is CNCc1cnc2c(cnn2Cc2ccccc2Cl)c1. The van der Waals surface area contributed by atoms with Gasteiger partial charge < -0.3 is 5.32 Å². The van der Waals surface area contributed by atoms with Crippen LogP contribution in [0.3, 0.4) is 0 Å². The van der Waals surface area contributed by atoms with E-state index in [2.05, 4.69) is 21.5 Å². The van der Waals surface area contributed by atoms with E-state index in [1.807, 2.05) is 48.4 Å². The maximum absolute atomic E-state index is 6.19. The number of nitrogens with zero attached hydrogens (tertiary/aromatic N) is 3. The summed E-state index contributed by atoms with van der Waals surface area (Å²) in [7, 11) is 1.92. The van der Waals surface area contributed by atoms with Crippen LogP contribution in [0.15, 0.2) is 42.7 Å². The Morgan fingerprint density at radius 1 is 1.25 bits per heavy atom. The third kappa shape index (κ3) is 2.53. The lowest BCUT2D eigenvalue weighted by Crippen LogP contribution is -2.06. The molecule has 0 radical (unpaired) electrons. The molecule has 0 aliphatic heterocycles. The first-order valence-corrected chi connectivity index (χ1v) is 6.84. The minimum absolute atomic E-state index is 0.627. The summed E-state index contributed by atoms with van der Waals surface area (Å²) in [4.78, 5) is 4.50. The molecule has 0 aliphatic rings. The Morgan fingerprint density at radius 2 is 2.10 bits per heavy atom. The van der Waals surface area contributed by atoms with Crippen molar-refractivity contribution >= 4 is 22.6 Å². The molecule has 1 aromatic carbocycles. The van der Waals surface area contributed by atoms with Crippen LogP contribution in [0.5, 0.6) is 0 Å². The van der Waals surface area contributed by atoms with E-state index in [1.54, 1.807) is 0 Å². The summed E-state index contributed by atoms with van der Waals surface area (Å²) >= 11 is 6.19. The average molecular weight is 287 g/mol. The number of benzene rings is 1. The zero-order chi connectivity index (χ0) is 13.9. The molecular weight excluding hydrogens is 272 g/mol. The zero-order valence-corrected chi connectivity index (χ0v) is 11.9. The molecule has 0 atom stereocenters. The first-order chi connectivity index (χ1) is 9.78. The molecule has 20 heavy (non-hydrogen) atoms. The molecule has 3 aromatic rings. The molecule has 0 amide bonds. The molecule has 0 aliphatic carbocycles. The Hall–Kier alpha value is -1.91. The number of pyridine rings is 1. The van der Waals surface area contributed by atoms with E-state index in [-0.39, 0.29) is 0 Å². The first-order valence-electron chi connectivity index (χ1n) is 6.46. The first kappa shape index (κ1) is 13.1. The van der Waals surface area contributed by atoms with Crippen molar-refractivity contribution < 1.29 is 0 Å². The van der Waals surface area contributed by atoms with Crippen LogP contribution in [0.25, 0.3) is 11.0 Å². The molecular formula is C15H15ClN4. The van der Waals surface area contributed by atoms with Crippen LogP contribution in [-0.2, 0) is 13.1 Å². The van der Waals surface area contributed by atoms with Gasteiger partial charge in [0.05, 0.1) is 12.7 Å². The normalized spacial score (nSPS) is 11.1. The highest BCUT2D eigenvalue weighted by Crippen LogP contribution is 2.19. The third-order valence-electron chi connectivity index (χ3n) is 3.19. The highest BCUT2D eigenvalue weighted by atomic mass is 35.5. The molecule has 4 nitrogen and oxygen atoms in total. The van der Waals surface area contributed by atoms with Crippen molar-refractivity contribution in [2.75, 3.05) is 7.05 Å². The lowest BCUT2D eigenvalue weighted by Gasteiger charge is -2.06. The minimum Gasteiger partial charge on any atom is -0.316 e. The summed E-state index contributed by atoms with van der Waals surface area (Å²) in [5.41, 5.74) is 3.07. The maximum atomic E-state index is 6.19. The number of fused-ring (bicyclic) bond motifs is 1. The van der Waals surface area contributed by atoms with Crippen LogP contribution in [0.1, 0.15) is 11.1 Å². The quantitative estimate of drug-likeness (QED) is 0.802. The number of rotatable bonds is 4. The Bertz CT molecular complexity index is 736. The topological polar surface area (TPSA) is 42.7 Å². The lowest BCUT2D eigenvalue weighted by molar-refractivity contribution is 0.704. The molecule has 2 heterocycles. The molecule has 102 valence electrons. The van der Waals surface area contributed by atoms with Crippen LogP contribution >= 0.6 is 11.6 Å². The zero-order valence-electron chi connectivity index (χ0n) is 11.2. The monoisotopic (exact) mass is 286 g/mol. The number of aromatic nitrogens is 3. The molecule has 0 saturated heterocycles. The lowest BCUT2D eigenvalue weighted by atomic mass is 10.2. The van der Waals surface area contributed by atoms with Gasteiger partial charge in [0.1, 0.15) is 0 Å². The fraction of sp³-hybridized carbons (Fsp3) is 0.200. The van der Waals surface area contributed by atoms with E-state index in [9.17, 15) is 0 Å². The van der Waals surface area contributed by atoms with Crippen LogP contribution < -0.4 is 5.32 Å². The Balaban J connectivity index is 1.95. The van der Waals surface area contributed by atoms with Crippen molar-refractivity contribution in [2.45, 2.75) is 13.1 Å². The van der Waals surface area contributed by atoms with Crippen molar-refractivity contribution in [3.8, 4) is 0 Å². The largest absolute Gasteiger partial charge is 0.316 e. The Labute approximate surface area is 122 Å². The van der Waals surface area contributed by atoms with Crippen LogP contribution in [0.2, 0.25) is 5.02 Å². The van der Waals surface area contributed by atoms with Crippen molar-refractivity contribution in [2.24, 2.45) is 0 Å². The van der Waals surface area contributed by atoms with E-state index < -0.39 is 0 Å². The predicted molar refractivity (Wildman–Crippen MR) is 80.8 cm³/mol. The van der Waals surface area contributed by atoms with Crippen LogP contribution in [-0.4, -0.2) is 21.8 Å². The van der Waals surface area contributed by atoms with Gasteiger partial charge in [-0.2, -0.15) is 5.10 Å². The molecule has 5 heteroatoms. The van der Waals surface area contributed by atoms with Gasteiger partial charge in [0.15, 0.2) is 5.65 Å². The fourth-order valence-corrected chi connectivity index (χ4v) is 2.42. The number of hydrogen-bond donors (Lipinski definition) is 1. The minimum atomic E-state index is 0.627. The second-order valence-corrected chi connectivity index (χ2v) is 5.09. The van der Waals surface area contributed by atoms with Gasteiger partial charge in [-0.15, -0.1) is 0 Å². The number of halogens is 1. The second-order valence-electron chi connectivity index (χ2n) is 4.68. The summed E-state index contributed by atoms with van der Waals surface area (Å²) in [5, 5.41) is 9.33. The highest BCUT2D eigenvalue weighted by molar-refractivity contribution is 6.31. The van der Waals surface area contributed by atoms with Crippen molar-refractivity contribution in [3.63, 3.8) is 0 Å². The predicted octanol–water partition coefficient (Wildman–Crippen LogP) is 2.85. The van der Waals surface area contributed by atoms with Gasteiger partial charge in [0.2, 0.25) is 0 Å². The van der Waals surface area contributed by atoms with Gasteiger partial charge in [-0.05, 0) is 30.3 Å². The van der Waals surface area contributed by atoms with Gasteiger partial charge in [0, 0.05) is 23.2 Å². The van der Waals surface area contributed by atoms with Gasteiger partial charge in [-0.1, -0.05) is 29.8 Å². The number of nitrogens with one attached hydrogen (secondary N) is 1. The molecule has 2 aromatic heterocycles. The van der Waals surface area contributed by atoms with E-state index in [0.717, 1.165) is 33.7 Å². The summed E-state index contributed by atoms with van der Waals surface area (Å²) in [6, 6.07) is 9.90. The molecule has 0 unspecified atom stereocenters. The molecule has 0 bridgehead atoms. The van der Waals surface area contributed by atoms with Crippen molar-refractivity contribution in [1.29, 1.82) is 0 Å². The second kappa shape index (κ2) is 5.61. The number of hydrogen-bond acceptors (Lipinski definition) is 3. The van der Waals surface area contributed by atoms with Gasteiger partial charge in [-0.25, -0.2) is 9.67 Å². The molecule has 0 fully saturated rings. The Kier molecular flexibility index (Phi) is 3.67. The third-order valence-corrected chi connectivity index (χ3v) is 3.56. The molecule has 0 saturated carbocycles. The van der Waals surface area contributed by atoms with Crippen LogP contribution in [0, 0.1) is 0 Å². The maximum Gasteiger partial charge on any atom is 0.158 e. The van der Waals surface area contributed by atoms with Gasteiger partial charge >= 0.3 is 0 Å². The standard InChI is InChI=1S/C15H15ClN4/c1-17-7-11-6-13-9-19-20(15(13)18-8-11)10-12-4-2-3-5-14(12)16/h2-6,8-9,17H,7,10H2,1H3. The molecule has 0 spiro atoms. The molecule has 1 N–H and O–H groups in total. The summed E-state index contributed by atoms with van der Waals surface area (Å²) in [6.45, 7) is 1.43. The summed E-state index contributed by atoms with van der Waals surface area (Å²) in [6.07, 6.45) is 3.72. The van der Waals surface area contributed by atoms with E-state index in [0.29, 0.717) is 6.54 Å². The highest BCUT2D eigenvalue weighted by Gasteiger charge is 2.07. The van der Waals surface area contributed by atoms with E-state index in [1.165, 1.54) is 0 Å². The smallest absolute Gasteiger partial charge is 0.158 e. The van der Waals surface area contributed by atoms with E-state index in [4.69, 9.17) is 11.6 Å². The summed E-state index contributed by atoms with van der Waals surface area (Å²) < 4.78 is 1.87.